The SMILES string of the molecule is O=S(=O)(CCSc1ccccc1NS(=O)(=O)c1ccccc1OC(F)(F)F)c1ccc(Cl)cc1. The molecule has 0 bridgehead atoms. The summed E-state index contributed by atoms with van der Waals surface area (Å²) in [5.41, 5.74) is 0.0817. The summed E-state index contributed by atoms with van der Waals surface area (Å²) in [6.45, 7) is 0. The Balaban J connectivity index is 1.77. The number of halogens is 4. The van der Waals surface area contributed by atoms with Crippen molar-refractivity contribution in [2.24, 2.45) is 0 Å². The van der Waals surface area contributed by atoms with Crippen molar-refractivity contribution in [3.63, 3.8) is 0 Å². The number of nitrogens with one attached hydrogen (secondary N) is 1. The van der Waals surface area contributed by atoms with Crippen LogP contribution in [-0.2, 0) is 19.9 Å². The first-order valence-corrected chi connectivity index (χ1v) is 13.9. The molecule has 3 aromatic carbocycles. The lowest BCUT2D eigenvalue weighted by Gasteiger charge is -2.16. The highest BCUT2D eigenvalue weighted by Gasteiger charge is 2.34. The van der Waals surface area contributed by atoms with E-state index in [1.807, 2.05) is 0 Å². The van der Waals surface area contributed by atoms with Crippen molar-refractivity contribution in [3.05, 3.63) is 77.8 Å². The summed E-state index contributed by atoms with van der Waals surface area (Å²) >= 11 is 6.86. The maximum Gasteiger partial charge on any atom is 0.573 e. The highest BCUT2D eigenvalue weighted by atomic mass is 35.5. The Morgan fingerprint density at radius 1 is 0.882 bits per heavy atom. The smallest absolute Gasteiger partial charge is 0.404 e. The third-order valence-corrected chi connectivity index (χ3v) is 9.00. The number of hydrogen-bond donors (Lipinski definition) is 1. The average Bonchev–Trinajstić information content (AvgIpc) is 2.74. The molecule has 0 spiro atoms. The van der Waals surface area contributed by atoms with Crippen LogP contribution in [0.15, 0.2) is 87.5 Å². The first kappa shape index (κ1) is 26.2. The van der Waals surface area contributed by atoms with Gasteiger partial charge in [-0.15, -0.1) is 24.9 Å². The maximum atomic E-state index is 12.8. The van der Waals surface area contributed by atoms with Crippen LogP contribution in [0.2, 0.25) is 5.02 Å². The van der Waals surface area contributed by atoms with E-state index >= 15 is 0 Å². The van der Waals surface area contributed by atoms with E-state index in [1.165, 1.54) is 48.5 Å². The minimum atomic E-state index is -5.07. The standard InChI is InChI=1S/C21H17ClF3NO5S3/c22-15-9-11-16(12-10-15)33(27,28)14-13-32-19-7-3-1-5-17(19)26-34(29,30)20-8-4-2-6-18(20)31-21(23,24)25/h1-12,26H,13-14H2. The van der Waals surface area contributed by atoms with Crippen molar-refractivity contribution in [1.29, 1.82) is 0 Å². The molecule has 0 saturated heterocycles. The highest BCUT2D eigenvalue weighted by molar-refractivity contribution is 8.01. The maximum absolute atomic E-state index is 12.8. The minimum Gasteiger partial charge on any atom is -0.404 e. The number of anilines is 1. The number of para-hydroxylation sites is 2. The number of ether oxygens (including phenoxy) is 1. The quantitative estimate of drug-likeness (QED) is 0.348. The fourth-order valence-corrected chi connectivity index (χ4v) is 6.85. The van der Waals surface area contributed by atoms with Crippen molar-refractivity contribution < 1.29 is 34.7 Å². The van der Waals surface area contributed by atoms with Gasteiger partial charge in [0.1, 0.15) is 10.6 Å². The van der Waals surface area contributed by atoms with Gasteiger partial charge < -0.3 is 4.74 Å². The molecule has 13 heteroatoms. The van der Waals surface area contributed by atoms with Crippen LogP contribution in [0.1, 0.15) is 0 Å². The summed E-state index contributed by atoms with van der Waals surface area (Å²) in [7, 11) is -8.06. The predicted molar refractivity (Wildman–Crippen MR) is 125 cm³/mol. The topological polar surface area (TPSA) is 89.5 Å². The molecule has 182 valence electrons. The van der Waals surface area contributed by atoms with Crippen LogP contribution in [0.25, 0.3) is 0 Å². The lowest BCUT2D eigenvalue weighted by molar-refractivity contribution is -0.275. The van der Waals surface area contributed by atoms with Crippen LogP contribution in [0.3, 0.4) is 0 Å². The Bertz CT molecular complexity index is 1360. The molecule has 0 aliphatic heterocycles. The van der Waals surface area contributed by atoms with Crippen molar-refractivity contribution in [2.75, 3.05) is 16.2 Å². The van der Waals surface area contributed by atoms with Crippen molar-refractivity contribution in [1.82, 2.24) is 0 Å². The van der Waals surface area contributed by atoms with Gasteiger partial charge in [-0.1, -0.05) is 35.9 Å². The zero-order valence-electron chi connectivity index (χ0n) is 17.1. The number of alkyl halides is 3. The highest BCUT2D eigenvalue weighted by Crippen LogP contribution is 2.33. The summed E-state index contributed by atoms with van der Waals surface area (Å²) in [5.74, 6) is -1.01. The van der Waals surface area contributed by atoms with Gasteiger partial charge in [0.15, 0.2) is 9.84 Å². The van der Waals surface area contributed by atoms with Crippen LogP contribution in [-0.4, -0.2) is 34.7 Å². The van der Waals surface area contributed by atoms with E-state index in [1.54, 1.807) is 12.1 Å². The van der Waals surface area contributed by atoms with Crippen molar-refractivity contribution >= 4 is 48.9 Å². The zero-order chi connectivity index (χ0) is 25.0. The zero-order valence-corrected chi connectivity index (χ0v) is 20.3. The first-order valence-electron chi connectivity index (χ1n) is 9.45. The molecule has 0 radical (unpaired) electrons. The van der Waals surface area contributed by atoms with Gasteiger partial charge in [-0.3, -0.25) is 4.72 Å². The Morgan fingerprint density at radius 3 is 2.18 bits per heavy atom. The minimum absolute atomic E-state index is 0.0817. The average molecular weight is 552 g/mol. The van der Waals surface area contributed by atoms with Gasteiger partial charge in [0.05, 0.1) is 16.3 Å². The molecule has 0 fully saturated rings. The molecule has 6 nitrogen and oxygen atoms in total. The van der Waals surface area contributed by atoms with Gasteiger partial charge in [-0.2, -0.15) is 0 Å². The number of thioether (sulfide) groups is 1. The van der Waals surface area contributed by atoms with E-state index in [2.05, 4.69) is 9.46 Å². The molecule has 0 atom stereocenters. The van der Waals surface area contributed by atoms with Crippen LogP contribution in [0.4, 0.5) is 18.9 Å². The van der Waals surface area contributed by atoms with Gasteiger partial charge in [0, 0.05) is 15.7 Å². The number of hydrogen-bond acceptors (Lipinski definition) is 6. The molecule has 1 N–H and O–H groups in total. The molecule has 34 heavy (non-hydrogen) atoms. The van der Waals surface area contributed by atoms with Crippen LogP contribution < -0.4 is 9.46 Å². The van der Waals surface area contributed by atoms with Crippen LogP contribution >= 0.6 is 23.4 Å². The molecule has 0 aromatic heterocycles. The number of sulfone groups is 1. The van der Waals surface area contributed by atoms with E-state index in [9.17, 15) is 30.0 Å². The Labute approximate surface area is 204 Å². The van der Waals surface area contributed by atoms with Gasteiger partial charge in [-0.05, 0) is 48.5 Å². The molecule has 0 unspecified atom stereocenters. The van der Waals surface area contributed by atoms with Gasteiger partial charge >= 0.3 is 6.36 Å². The van der Waals surface area contributed by atoms with Crippen LogP contribution in [0.5, 0.6) is 5.75 Å². The van der Waals surface area contributed by atoms with E-state index < -0.39 is 36.9 Å². The molecule has 0 saturated carbocycles. The monoisotopic (exact) mass is 551 g/mol. The lowest BCUT2D eigenvalue weighted by Crippen LogP contribution is -2.21. The molecule has 0 heterocycles. The largest absolute Gasteiger partial charge is 0.573 e. The number of benzene rings is 3. The Hall–Kier alpha value is -2.41. The fraction of sp³-hybridized carbons (Fsp3) is 0.143. The van der Waals surface area contributed by atoms with E-state index in [4.69, 9.17) is 11.6 Å². The van der Waals surface area contributed by atoms with Crippen molar-refractivity contribution in [3.8, 4) is 5.75 Å². The molecule has 0 aliphatic rings. The molecule has 3 rings (SSSR count). The van der Waals surface area contributed by atoms with E-state index in [0.29, 0.717) is 9.92 Å². The molecular weight excluding hydrogens is 535 g/mol. The number of rotatable bonds is 9. The molecule has 3 aromatic rings. The second-order valence-electron chi connectivity index (χ2n) is 6.72. The second-order valence-corrected chi connectivity index (χ2v) is 12.1. The van der Waals surface area contributed by atoms with Gasteiger partial charge in [-0.25, -0.2) is 16.8 Å². The normalized spacial score (nSPS) is 12.4. The first-order chi connectivity index (χ1) is 15.9. The summed E-state index contributed by atoms with van der Waals surface area (Å²) in [5, 5.41) is 0.400. The third-order valence-electron chi connectivity index (χ3n) is 4.28. The summed E-state index contributed by atoms with van der Waals surface area (Å²) in [6, 6.07) is 16.2. The lowest BCUT2D eigenvalue weighted by atomic mass is 10.3. The second kappa shape index (κ2) is 10.5. The van der Waals surface area contributed by atoms with Gasteiger partial charge in [0.25, 0.3) is 10.0 Å². The van der Waals surface area contributed by atoms with E-state index in [-0.39, 0.29) is 22.1 Å². The molecular formula is C21H17ClF3NO5S3. The summed E-state index contributed by atoms with van der Waals surface area (Å²) in [6.07, 6.45) is -5.07. The molecule has 0 aliphatic carbocycles. The summed E-state index contributed by atoms with van der Waals surface area (Å²) < 4.78 is 94.8. The summed E-state index contributed by atoms with van der Waals surface area (Å²) in [4.78, 5) is -0.197. The molecule has 0 amide bonds. The Kier molecular flexibility index (Phi) is 8.06. The third kappa shape index (κ3) is 7.05. The number of sulfonamides is 1. The van der Waals surface area contributed by atoms with E-state index in [0.717, 1.165) is 23.9 Å². The fourth-order valence-electron chi connectivity index (χ4n) is 2.78. The predicted octanol–water partition coefficient (Wildman–Crippen LogP) is 5.61. The van der Waals surface area contributed by atoms with Gasteiger partial charge in [0.2, 0.25) is 0 Å². The van der Waals surface area contributed by atoms with Crippen molar-refractivity contribution in [2.45, 2.75) is 21.0 Å². The van der Waals surface area contributed by atoms with Crippen LogP contribution in [0, 0.1) is 0 Å². The Morgan fingerprint density at radius 2 is 1.50 bits per heavy atom.